The number of ether oxygens (including phenoxy) is 1. The van der Waals surface area contributed by atoms with Gasteiger partial charge in [-0.15, -0.1) is 0 Å². The summed E-state index contributed by atoms with van der Waals surface area (Å²) in [5.74, 6) is 0.241. The summed E-state index contributed by atoms with van der Waals surface area (Å²) in [5, 5.41) is 7.22. The summed E-state index contributed by atoms with van der Waals surface area (Å²) >= 11 is 0. The number of nitrogens with one attached hydrogen (secondary N) is 1. The van der Waals surface area contributed by atoms with Crippen molar-refractivity contribution < 1.29 is 18.3 Å². The van der Waals surface area contributed by atoms with Crippen LogP contribution in [0.2, 0.25) is 0 Å². The topological polar surface area (TPSA) is 56.1 Å². The standard InChI is InChI=1S/C15H21F2N3O2/c1-15(2,3)22-14(21)9-7-18-20-11(12(16)17)6-10(8-4-5-8)19-13(9)20/h7-8,10-12,19H,4-6H2,1-3H3/t10-,11+/m1/s1. The molecule has 2 aliphatic rings. The van der Waals surface area contributed by atoms with Gasteiger partial charge in [0.05, 0.1) is 6.20 Å². The number of rotatable bonds is 3. The summed E-state index contributed by atoms with van der Waals surface area (Å²) in [6, 6.07) is -1.01. The van der Waals surface area contributed by atoms with Crippen molar-refractivity contribution in [2.24, 2.45) is 5.92 Å². The molecule has 5 nitrogen and oxygen atoms in total. The summed E-state index contributed by atoms with van der Waals surface area (Å²) in [5.41, 5.74) is -0.413. The maximum Gasteiger partial charge on any atom is 0.344 e. The van der Waals surface area contributed by atoms with Gasteiger partial charge in [-0.1, -0.05) is 0 Å². The number of hydrogen-bond donors (Lipinski definition) is 1. The van der Waals surface area contributed by atoms with E-state index >= 15 is 0 Å². The summed E-state index contributed by atoms with van der Waals surface area (Å²) in [6.07, 6.45) is 1.24. The zero-order chi connectivity index (χ0) is 16.1. The zero-order valence-corrected chi connectivity index (χ0v) is 13.0. The highest BCUT2D eigenvalue weighted by Crippen LogP contribution is 2.43. The van der Waals surface area contributed by atoms with Gasteiger partial charge < -0.3 is 10.1 Å². The van der Waals surface area contributed by atoms with E-state index in [-0.39, 0.29) is 11.6 Å². The average Bonchev–Trinajstić information content (AvgIpc) is 3.15. The molecule has 2 atom stereocenters. The molecule has 1 N–H and O–H groups in total. The Balaban J connectivity index is 1.90. The molecule has 1 aliphatic carbocycles. The number of aromatic nitrogens is 2. The van der Waals surface area contributed by atoms with E-state index in [4.69, 9.17) is 4.74 Å². The molecule has 0 unspecified atom stereocenters. The number of fused-ring (bicyclic) bond motifs is 1. The van der Waals surface area contributed by atoms with Crippen LogP contribution in [0.5, 0.6) is 0 Å². The van der Waals surface area contributed by atoms with Gasteiger partial charge in [-0.05, 0) is 46.0 Å². The van der Waals surface area contributed by atoms with Crippen molar-refractivity contribution in [2.75, 3.05) is 5.32 Å². The first kappa shape index (κ1) is 15.2. The van der Waals surface area contributed by atoms with Gasteiger partial charge in [0.1, 0.15) is 23.0 Å². The minimum atomic E-state index is -2.51. The Morgan fingerprint density at radius 2 is 2.14 bits per heavy atom. The van der Waals surface area contributed by atoms with Crippen molar-refractivity contribution in [3.05, 3.63) is 11.8 Å². The van der Waals surface area contributed by atoms with Crippen molar-refractivity contribution in [3.63, 3.8) is 0 Å². The van der Waals surface area contributed by atoms with E-state index in [9.17, 15) is 13.6 Å². The number of esters is 1. The predicted octanol–water partition coefficient (Wildman–Crippen LogP) is 3.24. The Morgan fingerprint density at radius 1 is 1.45 bits per heavy atom. The van der Waals surface area contributed by atoms with E-state index in [1.54, 1.807) is 20.8 Å². The Labute approximate surface area is 128 Å². The first-order valence-electron chi connectivity index (χ1n) is 7.62. The van der Waals surface area contributed by atoms with Crippen molar-refractivity contribution in [1.82, 2.24) is 9.78 Å². The fourth-order valence-corrected chi connectivity index (χ4v) is 2.85. The Kier molecular flexibility index (Phi) is 3.61. The first-order valence-corrected chi connectivity index (χ1v) is 7.62. The van der Waals surface area contributed by atoms with Crippen LogP contribution >= 0.6 is 0 Å². The lowest BCUT2D eigenvalue weighted by Crippen LogP contribution is -2.37. The maximum absolute atomic E-state index is 13.3. The molecule has 1 fully saturated rings. The van der Waals surface area contributed by atoms with Gasteiger partial charge in [-0.2, -0.15) is 5.10 Å². The number of alkyl halides is 2. The fourth-order valence-electron chi connectivity index (χ4n) is 2.85. The molecular formula is C15H21F2N3O2. The number of nitrogens with zero attached hydrogens (tertiary/aromatic N) is 2. The predicted molar refractivity (Wildman–Crippen MR) is 77.2 cm³/mol. The third-order valence-corrected chi connectivity index (χ3v) is 4.03. The van der Waals surface area contributed by atoms with Crippen LogP contribution in [-0.4, -0.2) is 33.8 Å². The average molecular weight is 313 g/mol. The van der Waals surface area contributed by atoms with Crippen molar-refractivity contribution >= 4 is 11.8 Å². The monoisotopic (exact) mass is 313 g/mol. The molecule has 22 heavy (non-hydrogen) atoms. The molecule has 3 rings (SSSR count). The van der Waals surface area contributed by atoms with Gasteiger partial charge in [0, 0.05) is 6.04 Å². The minimum Gasteiger partial charge on any atom is -0.456 e. The van der Waals surface area contributed by atoms with Gasteiger partial charge >= 0.3 is 5.97 Å². The summed E-state index contributed by atoms with van der Waals surface area (Å²) in [7, 11) is 0. The molecule has 0 saturated heterocycles. The Morgan fingerprint density at radius 3 is 2.68 bits per heavy atom. The zero-order valence-electron chi connectivity index (χ0n) is 13.0. The Hall–Kier alpha value is -1.66. The highest BCUT2D eigenvalue weighted by atomic mass is 19.3. The fraction of sp³-hybridized carbons (Fsp3) is 0.733. The first-order chi connectivity index (χ1) is 10.3. The van der Waals surface area contributed by atoms with E-state index < -0.39 is 24.0 Å². The third kappa shape index (κ3) is 2.94. The van der Waals surface area contributed by atoms with Crippen LogP contribution < -0.4 is 5.32 Å². The van der Waals surface area contributed by atoms with Gasteiger partial charge in [0.2, 0.25) is 0 Å². The summed E-state index contributed by atoms with van der Waals surface area (Å²) in [4.78, 5) is 12.3. The second-order valence-electron chi connectivity index (χ2n) is 7.08. The summed E-state index contributed by atoms with van der Waals surface area (Å²) in [6.45, 7) is 5.30. The highest BCUT2D eigenvalue weighted by Gasteiger charge is 2.42. The summed E-state index contributed by atoms with van der Waals surface area (Å²) < 4.78 is 33.2. The molecule has 0 amide bonds. The molecule has 1 saturated carbocycles. The second kappa shape index (κ2) is 5.21. The minimum absolute atomic E-state index is 0.0237. The molecule has 122 valence electrons. The van der Waals surface area contributed by atoms with Crippen LogP contribution in [-0.2, 0) is 4.74 Å². The molecule has 0 spiro atoms. The van der Waals surface area contributed by atoms with E-state index in [1.807, 2.05) is 0 Å². The van der Waals surface area contributed by atoms with E-state index in [2.05, 4.69) is 10.4 Å². The van der Waals surface area contributed by atoms with Crippen molar-refractivity contribution in [3.8, 4) is 0 Å². The van der Waals surface area contributed by atoms with Crippen LogP contribution in [0.25, 0.3) is 0 Å². The molecule has 7 heteroatoms. The highest BCUT2D eigenvalue weighted by molar-refractivity contribution is 5.95. The molecule has 0 aromatic carbocycles. The Bertz CT molecular complexity index is 576. The second-order valence-corrected chi connectivity index (χ2v) is 7.08. The molecule has 2 heterocycles. The largest absolute Gasteiger partial charge is 0.456 e. The van der Waals surface area contributed by atoms with E-state index in [1.165, 1.54) is 10.9 Å². The van der Waals surface area contributed by atoms with Crippen LogP contribution in [0.4, 0.5) is 14.6 Å². The molecule has 0 bridgehead atoms. The van der Waals surface area contributed by atoms with Gasteiger partial charge in [-0.3, -0.25) is 0 Å². The van der Waals surface area contributed by atoms with Gasteiger partial charge in [0.25, 0.3) is 6.43 Å². The number of carbonyl (C=O) groups excluding carboxylic acids is 1. The lowest BCUT2D eigenvalue weighted by atomic mass is 10.0. The number of halogens is 2. The molecule has 1 aromatic rings. The van der Waals surface area contributed by atoms with Crippen LogP contribution in [0.3, 0.4) is 0 Å². The number of carbonyl (C=O) groups is 1. The van der Waals surface area contributed by atoms with Crippen LogP contribution in [0.1, 0.15) is 56.4 Å². The van der Waals surface area contributed by atoms with Crippen LogP contribution in [0.15, 0.2) is 6.20 Å². The molecule has 1 aromatic heterocycles. The van der Waals surface area contributed by atoms with Gasteiger partial charge in [0.15, 0.2) is 0 Å². The van der Waals surface area contributed by atoms with Crippen LogP contribution in [0, 0.1) is 5.92 Å². The SMILES string of the molecule is CC(C)(C)OC(=O)c1cnn2c1N[C@@H](C1CC1)C[C@H]2C(F)F. The van der Waals surface area contributed by atoms with Crippen molar-refractivity contribution in [2.45, 2.75) is 64.1 Å². The molecule has 1 aliphatic heterocycles. The maximum atomic E-state index is 13.3. The van der Waals surface area contributed by atoms with E-state index in [0.717, 1.165) is 12.8 Å². The van der Waals surface area contributed by atoms with Gasteiger partial charge in [-0.25, -0.2) is 18.3 Å². The van der Waals surface area contributed by atoms with E-state index in [0.29, 0.717) is 18.2 Å². The third-order valence-electron chi connectivity index (χ3n) is 4.03. The van der Waals surface area contributed by atoms with Crippen molar-refractivity contribution in [1.29, 1.82) is 0 Å². The molecule has 0 radical (unpaired) electrons. The lowest BCUT2D eigenvalue weighted by molar-refractivity contribution is 0.00692. The smallest absolute Gasteiger partial charge is 0.344 e. The number of anilines is 1. The number of hydrogen-bond acceptors (Lipinski definition) is 4. The normalized spacial score (nSPS) is 24.8. The quantitative estimate of drug-likeness (QED) is 0.870. The lowest BCUT2D eigenvalue weighted by Gasteiger charge is -2.32. The molecular weight excluding hydrogens is 292 g/mol.